The maximum Gasteiger partial charge on any atom is 0.339 e. The molecule has 0 radical (unpaired) electrons. The minimum Gasteiger partial charge on any atom is -0.453 e. The predicted molar refractivity (Wildman–Crippen MR) is 76.4 cm³/mol. The van der Waals surface area contributed by atoms with Crippen LogP contribution >= 0.6 is 0 Å². The molecule has 4 heteroatoms. The molecule has 0 N–H and O–H groups in total. The molecule has 4 nitrogen and oxygen atoms in total. The van der Waals surface area contributed by atoms with Crippen LogP contribution in [0.3, 0.4) is 0 Å². The van der Waals surface area contributed by atoms with E-state index in [2.05, 4.69) is 13.8 Å². The number of hydrogen-bond acceptors (Lipinski definition) is 3. The highest BCUT2D eigenvalue weighted by molar-refractivity contribution is 5.94. The average Bonchev–Trinajstić information content (AvgIpc) is 2.77. The Hall–Kier alpha value is -1.84. The molecule has 1 atom stereocenters. The summed E-state index contributed by atoms with van der Waals surface area (Å²) in [7, 11) is 1.82. The third-order valence-corrected chi connectivity index (χ3v) is 4.02. The van der Waals surface area contributed by atoms with Gasteiger partial charge < -0.3 is 9.64 Å². The van der Waals surface area contributed by atoms with Crippen LogP contribution in [0.5, 0.6) is 0 Å². The van der Waals surface area contributed by atoms with Crippen molar-refractivity contribution in [1.29, 1.82) is 0 Å². The lowest BCUT2D eigenvalue weighted by Crippen LogP contribution is -2.36. The summed E-state index contributed by atoms with van der Waals surface area (Å²) in [5, 5.41) is 0. The maximum absolute atomic E-state index is 12.3. The van der Waals surface area contributed by atoms with E-state index in [4.69, 9.17) is 4.74 Å². The Kier molecular flexibility index (Phi) is 4.42. The summed E-state index contributed by atoms with van der Waals surface area (Å²) in [5.41, 5.74) is 1.40. The zero-order valence-corrected chi connectivity index (χ0v) is 12.3. The fourth-order valence-corrected chi connectivity index (χ4v) is 2.71. The number of carbonyl (C=O) groups is 2. The molecule has 1 amide bonds. The summed E-state index contributed by atoms with van der Waals surface area (Å²) >= 11 is 0. The molecule has 1 unspecified atom stereocenters. The average molecular weight is 275 g/mol. The van der Waals surface area contributed by atoms with Gasteiger partial charge in [0.2, 0.25) is 5.91 Å². The van der Waals surface area contributed by atoms with E-state index in [1.165, 1.54) is 0 Å². The van der Waals surface area contributed by atoms with Crippen molar-refractivity contribution in [2.24, 2.45) is 0 Å². The van der Waals surface area contributed by atoms with Crippen LogP contribution in [0.15, 0.2) is 24.3 Å². The van der Waals surface area contributed by atoms with E-state index in [1.54, 1.807) is 17.0 Å². The third-order valence-electron chi connectivity index (χ3n) is 4.02. The minimum atomic E-state index is -0.442. The van der Waals surface area contributed by atoms with Crippen LogP contribution in [0, 0.1) is 0 Å². The van der Waals surface area contributed by atoms with Gasteiger partial charge in [-0.25, -0.2) is 4.79 Å². The second-order valence-electron chi connectivity index (χ2n) is 5.16. The van der Waals surface area contributed by atoms with Crippen molar-refractivity contribution in [2.75, 3.05) is 7.05 Å². The van der Waals surface area contributed by atoms with Crippen molar-refractivity contribution in [3.63, 3.8) is 0 Å². The molecule has 0 saturated heterocycles. The maximum atomic E-state index is 12.3. The molecule has 0 spiro atoms. The van der Waals surface area contributed by atoms with Crippen molar-refractivity contribution >= 4 is 11.9 Å². The SMILES string of the molecule is CCC(CC)N(C)C(=O)CC1OC(=O)c2ccccc21. The predicted octanol–water partition coefficient (Wildman–Crippen LogP) is 2.94. The standard InChI is InChI=1S/C16H21NO3/c1-4-11(5-2)17(3)15(18)10-14-12-8-6-7-9-13(12)16(19)20-14/h6-9,11,14H,4-5,10H2,1-3H3. The molecule has 0 saturated carbocycles. The molecule has 0 aliphatic carbocycles. The zero-order valence-electron chi connectivity index (χ0n) is 12.3. The van der Waals surface area contributed by atoms with Gasteiger partial charge in [-0.2, -0.15) is 0 Å². The van der Waals surface area contributed by atoms with Crippen molar-refractivity contribution in [2.45, 2.75) is 45.3 Å². The molecule has 2 rings (SSSR count). The van der Waals surface area contributed by atoms with Gasteiger partial charge in [-0.1, -0.05) is 32.0 Å². The molecule has 1 aromatic carbocycles. The van der Waals surface area contributed by atoms with E-state index in [1.807, 2.05) is 19.2 Å². The van der Waals surface area contributed by atoms with Crippen LogP contribution in [0.1, 0.15) is 55.1 Å². The van der Waals surface area contributed by atoms with Gasteiger partial charge in [0.15, 0.2) is 0 Å². The molecule has 1 aliphatic heterocycles. The van der Waals surface area contributed by atoms with Gasteiger partial charge in [-0.3, -0.25) is 4.79 Å². The largest absolute Gasteiger partial charge is 0.453 e. The summed E-state index contributed by atoms with van der Waals surface area (Å²) in [4.78, 5) is 25.8. The van der Waals surface area contributed by atoms with Crippen LogP contribution in [0.25, 0.3) is 0 Å². The number of fused-ring (bicyclic) bond motifs is 1. The molecule has 1 aliphatic rings. The van der Waals surface area contributed by atoms with E-state index in [0.717, 1.165) is 18.4 Å². The molecular weight excluding hydrogens is 254 g/mol. The van der Waals surface area contributed by atoms with Gasteiger partial charge in [0.05, 0.1) is 12.0 Å². The number of hydrogen-bond donors (Lipinski definition) is 0. The van der Waals surface area contributed by atoms with Crippen molar-refractivity contribution in [1.82, 2.24) is 4.90 Å². The number of rotatable bonds is 5. The number of esters is 1. The summed E-state index contributed by atoms with van der Waals surface area (Å²) in [6, 6.07) is 7.51. The lowest BCUT2D eigenvalue weighted by molar-refractivity contribution is -0.134. The number of amides is 1. The van der Waals surface area contributed by atoms with E-state index >= 15 is 0 Å². The molecular formula is C16H21NO3. The highest BCUT2D eigenvalue weighted by Crippen LogP contribution is 2.33. The van der Waals surface area contributed by atoms with Crippen LogP contribution in [-0.2, 0) is 9.53 Å². The number of carbonyl (C=O) groups excluding carboxylic acids is 2. The van der Waals surface area contributed by atoms with Crippen molar-refractivity contribution < 1.29 is 14.3 Å². The Balaban J connectivity index is 2.08. The fraction of sp³-hybridized carbons (Fsp3) is 0.500. The summed E-state index contributed by atoms with van der Waals surface area (Å²) in [6.45, 7) is 4.14. The second kappa shape index (κ2) is 6.07. The third kappa shape index (κ3) is 2.69. The van der Waals surface area contributed by atoms with Gasteiger partial charge in [0, 0.05) is 18.7 Å². The number of benzene rings is 1. The first-order valence-electron chi connectivity index (χ1n) is 7.14. The van der Waals surface area contributed by atoms with Gasteiger partial charge in [-0.15, -0.1) is 0 Å². The number of ether oxygens (including phenoxy) is 1. The molecule has 1 aromatic rings. The molecule has 1 heterocycles. The summed E-state index contributed by atoms with van der Waals surface area (Å²) < 4.78 is 5.31. The Morgan fingerprint density at radius 1 is 1.30 bits per heavy atom. The highest BCUT2D eigenvalue weighted by Gasteiger charge is 2.33. The van der Waals surface area contributed by atoms with Crippen LogP contribution in [0.2, 0.25) is 0 Å². The first-order valence-corrected chi connectivity index (χ1v) is 7.14. The summed E-state index contributed by atoms with van der Waals surface area (Å²) in [5.74, 6) is -0.309. The Morgan fingerprint density at radius 3 is 2.60 bits per heavy atom. The van der Waals surface area contributed by atoms with Crippen LogP contribution in [-0.4, -0.2) is 29.9 Å². The molecule has 0 bridgehead atoms. The van der Waals surface area contributed by atoms with E-state index in [-0.39, 0.29) is 24.3 Å². The smallest absolute Gasteiger partial charge is 0.339 e. The van der Waals surface area contributed by atoms with Crippen LogP contribution in [0.4, 0.5) is 0 Å². The molecule has 0 fully saturated rings. The minimum absolute atomic E-state index is 0.0215. The molecule has 20 heavy (non-hydrogen) atoms. The highest BCUT2D eigenvalue weighted by atomic mass is 16.5. The topological polar surface area (TPSA) is 46.6 Å². The Labute approximate surface area is 119 Å². The Bertz CT molecular complexity index is 508. The van der Waals surface area contributed by atoms with E-state index in [0.29, 0.717) is 5.56 Å². The quantitative estimate of drug-likeness (QED) is 0.776. The van der Waals surface area contributed by atoms with Crippen LogP contribution < -0.4 is 0 Å². The van der Waals surface area contributed by atoms with Gasteiger partial charge in [0.25, 0.3) is 0 Å². The van der Waals surface area contributed by atoms with Gasteiger partial charge >= 0.3 is 5.97 Å². The van der Waals surface area contributed by atoms with Gasteiger partial charge in [0.1, 0.15) is 6.10 Å². The lowest BCUT2D eigenvalue weighted by atomic mass is 10.0. The van der Waals surface area contributed by atoms with Crippen molar-refractivity contribution in [3.05, 3.63) is 35.4 Å². The second-order valence-corrected chi connectivity index (χ2v) is 5.16. The van der Waals surface area contributed by atoms with Crippen molar-refractivity contribution in [3.8, 4) is 0 Å². The Morgan fingerprint density at radius 2 is 1.95 bits per heavy atom. The molecule has 108 valence electrons. The van der Waals surface area contributed by atoms with E-state index in [9.17, 15) is 9.59 Å². The van der Waals surface area contributed by atoms with Gasteiger partial charge in [-0.05, 0) is 18.9 Å². The number of cyclic esters (lactones) is 1. The first kappa shape index (κ1) is 14.6. The zero-order chi connectivity index (χ0) is 14.7. The number of nitrogens with zero attached hydrogens (tertiary/aromatic N) is 1. The normalized spacial score (nSPS) is 17.0. The lowest BCUT2D eigenvalue weighted by Gasteiger charge is -2.27. The molecule has 0 aromatic heterocycles. The van der Waals surface area contributed by atoms with E-state index < -0.39 is 6.10 Å². The first-order chi connectivity index (χ1) is 9.58. The fourth-order valence-electron chi connectivity index (χ4n) is 2.71. The summed E-state index contributed by atoms with van der Waals surface area (Å²) in [6.07, 6.45) is 1.64. The monoisotopic (exact) mass is 275 g/mol.